The SMILES string of the molecule is COc1cccc2[nH]c(C(=O)N3CC4CCCCC4[C@H]3C(=O)O)cc12. The van der Waals surface area contributed by atoms with Gasteiger partial charge in [-0.2, -0.15) is 0 Å². The summed E-state index contributed by atoms with van der Waals surface area (Å²) in [6, 6.07) is 6.63. The number of aliphatic carboxylic acids is 1. The molecule has 2 N–H and O–H groups in total. The number of carbonyl (C=O) groups excluding carboxylic acids is 1. The van der Waals surface area contributed by atoms with Crippen LogP contribution in [-0.2, 0) is 4.79 Å². The molecule has 0 radical (unpaired) electrons. The number of likely N-dealkylation sites (tertiary alicyclic amines) is 1. The Morgan fingerprint density at radius 2 is 2.08 bits per heavy atom. The number of hydrogen-bond acceptors (Lipinski definition) is 3. The van der Waals surface area contributed by atoms with Gasteiger partial charge in [-0.3, -0.25) is 4.79 Å². The van der Waals surface area contributed by atoms with E-state index >= 15 is 0 Å². The largest absolute Gasteiger partial charge is 0.496 e. The van der Waals surface area contributed by atoms with Gasteiger partial charge < -0.3 is 19.7 Å². The van der Waals surface area contributed by atoms with E-state index < -0.39 is 12.0 Å². The van der Waals surface area contributed by atoms with Crippen LogP contribution in [0.1, 0.15) is 36.2 Å². The number of benzene rings is 1. The van der Waals surface area contributed by atoms with Crippen LogP contribution in [0.25, 0.3) is 10.9 Å². The second-order valence-electron chi connectivity index (χ2n) is 7.05. The van der Waals surface area contributed by atoms with Gasteiger partial charge in [0.15, 0.2) is 0 Å². The van der Waals surface area contributed by atoms with Crippen LogP contribution in [0.15, 0.2) is 24.3 Å². The third kappa shape index (κ3) is 2.56. The van der Waals surface area contributed by atoms with E-state index in [-0.39, 0.29) is 11.8 Å². The third-order valence-corrected chi connectivity index (χ3v) is 5.73. The number of amides is 1. The van der Waals surface area contributed by atoms with Crippen LogP contribution in [0, 0.1) is 11.8 Å². The highest BCUT2D eigenvalue weighted by Gasteiger charge is 2.48. The van der Waals surface area contributed by atoms with Gasteiger partial charge >= 0.3 is 5.97 Å². The molecule has 4 rings (SSSR count). The van der Waals surface area contributed by atoms with Gasteiger partial charge in [0.05, 0.1) is 7.11 Å². The Labute approximate surface area is 145 Å². The van der Waals surface area contributed by atoms with Gasteiger partial charge in [-0.25, -0.2) is 4.79 Å². The fraction of sp³-hybridized carbons (Fsp3) is 0.474. The molecule has 6 heteroatoms. The van der Waals surface area contributed by atoms with Crippen LogP contribution in [0.2, 0.25) is 0 Å². The Morgan fingerprint density at radius 1 is 1.28 bits per heavy atom. The summed E-state index contributed by atoms with van der Waals surface area (Å²) in [7, 11) is 1.59. The number of carboxylic acid groups (broad SMARTS) is 1. The van der Waals surface area contributed by atoms with Crippen LogP contribution < -0.4 is 4.74 Å². The molecule has 2 heterocycles. The fourth-order valence-electron chi connectivity index (χ4n) is 4.58. The standard InChI is InChI=1S/C19H22N2O4/c1-25-16-8-4-7-14-13(16)9-15(20-14)18(22)21-10-11-5-2-3-6-12(11)17(21)19(23)24/h4,7-9,11-12,17,20H,2-3,5-6,10H2,1H3,(H,23,24)/t11?,12?,17-/m0/s1. The Bertz CT molecular complexity index is 828. The summed E-state index contributed by atoms with van der Waals surface area (Å²) in [5.74, 6) is -0.0546. The lowest BCUT2D eigenvalue weighted by atomic mass is 9.78. The van der Waals surface area contributed by atoms with E-state index in [0.717, 1.165) is 36.6 Å². The van der Waals surface area contributed by atoms with Crippen molar-refractivity contribution in [3.8, 4) is 5.75 Å². The Kier molecular flexibility index (Phi) is 3.90. The van der Waals surface area contributed by atoms with Crippen LogP contribution in [0.4, 0.5) is 0 Å². The van der Waals surface area contributed by atoms with Crippen LogP contribution >= 0.6 is 0 Å². The number of nitrogens with zero attached hydrogens (tertiary/aromatic N) is 1. The van der Waals surface area contributed by atoms with Crippen molar-refractivity contribution >= 4 is 22.8 Å². The zero-order valence-electron chi connectivity index (χ0n) is 14.2. The van der Waals surface area contributed by atoms with Crippen molar-refractivity contribution < 1.29 is 19.4 Å². The van der Waals surface area contributed by atoms with Gasteiger partial charge in [0.2, 0.25) is 0 Å². The van der Waals surface area contributed by atoms with E-state index in [1.807, 2.05) is 18.2 Å². The van der Waals surface area contributed by atoms with Gasteiger partial charge in [-0.15, -0.1) is 0 Å². The zero-order valence-corrected chi connectivity index (χ0v) is 14.2. The minimum absolute atomic E-state index is 0.0779. The van der Waals surface area contributed by atoms with Crippen molar-refractivity contribution in [1.82, 2.24) is 9.88 Å². The number of nitrogens with one attached hydrogen (secondary N) is 1. The topological polar surface area (TPSA) is 82.6 Å². The number of aromatic nitrogens is 1. The highest BCUT2D eigenvalue weighted by atomic mass is 16.5. The van der Waals surface area contributed by atoms with Crippen molar-refractivity contribution in [2.75, 3.05) is 13.7 Å². The van der Waals surface area contributed by atoms with Gasteiger partial charge in [0.1, 0.15) is 17.5 Å². The van der Waals surface area contributed by atoms with Crippen molar-refractivity contribution in [3.63, 3.8) is 0 Å². The number of hydrogen-bond donors (Lipinski definition) is 2. The summed E-state index contributed by atoms with van der Waals surface area (Å²) >= 11 is 0. The van der Waals surface area contributed by atoms with Crippen LogP contribution in [-0.4, -0.2) is 46.6 Å². The molecule has 25 heavy (non-hydrogen) atoms. The molecule has 2 aliphatic rings. The molecule has 1 amide bonds. The minimum Gasteiger partial charge on any atom is -0.496 e. The molecule has 1 aliphatic heterocycles. The first-order chi connectivity index (χ1) is 12.1. The first kappa shape index (κ1) is 16.0. The first-order valence-corrected chi connectivity index (χ1v) is 8.79. The Hall–Kier alpha value is -2.50. The molecule has 1 saturated carbocycles. The number of aromatic amines is 1. The Balaban J connectivity index is 1.69. The third-order valence-electron chi connectivity index (χ3n) is 5.73. The summed E-state index contributed by atoms with van der Waals surface area (Å²) in [4.78, 5) is 29.6. The summed E-state index contributed by atoms with van der Waals surface area (Å²) in [6.45, 7) is 0.535. The average Bonchev–Trinajstić information content (AvgIpc) is 3.22. The monoisotopic (exact) mass is 342 g/mol. The van der Waals surface area contributed by atoms with E-state index in [4.69, 9.17) is 4.74 Å². The first-order valence-electron chi connectivity index (χ1n) is 8.79. The molecule has 0 bridgehead atoms. The van der Waals surface area contributed by atoms with Crippen molar-refractivity contribution in [2.45, 2.75) is 31.7 Å². The molecule has 1 saturated heterocycles. The summed E-state index contributed by atoms with van der Waals surface area (Å²) in [6.07, 6.45) is 4.08. The highest BCUT2D eigenvalue weighted by Crippen LogP contribution is 2.41. The fourth-order valence-corrected chi connectivity index (χ4v) is 4.58. The maximum atomic E-state index is 13.1. The van der Waals surface area contributed by atoms with Gasteiger partial charge in [0.25, 0.3) is 5.91 Å². The Morgan fingerprint density at radius 3 is 2.84 bits per heavy atom. The molecular weight excluding hydrogens is 320 g/mol. The predicted molar refractivity (Wildman–Crippen MR) is 92.8 cm³/mol. The summed E-state index contributed by atoms with van der Waals surface area (Å²) in [5, 5.41) is 10.5. The van der Waals surface area contributed by atoms with E-state index in [1.54, 1.807) is 18.1 Å². The van der Waals surface area contributed by atoms with Gasteiger partial charge in [-0.1, -0.05) is 18.9 Å². The number of carboxylic acids is 1. The number of methoxy groups -OCH3 is 1. The zero-order chi connectivity index (χ0) is 17.6. The van der Waals surface area contributed by atoms with Crippen LogP contribution in [0.5, 0.6) is 5.75 Å². The van der Waals surface area contributed by atoms with Crippen LogP contribution in [0.3, 0.4) is 0 Å². The van der Waals surface area contributed by atoms with Gasteiger partial charge in [0, 0.05) is 17.4 Å². The average molecular weight is 342 g/mol. The molecule has 0 spiro atoms. The predicted octanol–water partition coefficient (Wildman–Crippen LogP) is 2.89. The summed E-state index contributed by atoms with van der Waals surface area (Å²) < 4.78 is 5.34. The molecule has 2 fully saturated rings. The van der Waals surface area contributed by atoms with E-state index in [0.29, 0.717) is 23.9 Å². The maximum absolute atomic E-state index is 13.1. The van der Waals surface area contributed by atoms with E-state index in [1.165, 1.54) is 0 Å². The minimum atomic E-state index is -0.892. The van der Waals surface area contributed by atoms with E-state index in [9.17, 15) is 14.7 Å². The molecule has 1 aromatic heterocycles. The quantitative estimate of drug-likeness (QED) is 0.898. The second-order valence-corrected chi connectivity index (χ2v) is 7.05. The molecule has 2 aromatic rings. The molecule has 6 nitrogen and oxygen atoms in total. The lowest BCUT2D eigenvalue weighted by Crippen LogP contribution is -2.43. The maximum Gasteiger partial charge on any atom is 0.326 e. The normalized spacial score (nSPS) is 25.8. The van der Waals surface area contributed by atoms with Crippen molar-refractivity contribution in [1.29, 1.82) is 0 Å². The summed E-state index contributed by atoms with van der Waals surface area (Å²) in [5.41, 5.74) is 1.23. The van der Waals surface area contributed by atoms with E-state index in [2.05, 4.69) is 4.98 Å². The molecule has 2 unspecified atom stereocenters. The van der Waals surface area contributed by atoms with Crippen molar-refractivity contribution in [2.24, 2.45) is 11.8 Å². The smallest absolute Gasteiger partial charge is 0.326 e. The lowest BCUT2D eigenvalue weighted by Gasteiger charge is -2.27. The number of ether oxygens (including phenoxy) is 1. The molecule has 132 valence electrons. The number of carbonyl (C=O) groups is 2. The molecule has 1 aromatic carbocycles. The number of rotatable bonds is 3. The number of fused-ring (bicyclic) bond motifs is 2. The number of H-pyrrole nitrogens is 1. The molecular formula is C19H22N2O4. The second kappa shape index (κ2) is 6.10. The molecule has 1 aliphatic carbocycles. The lowest BCUT2D eigenvalue weighted by molar-refractivity contribution is -0.143. The van der Waals surface area contributed by atoms with Gasteiger partial charge in [-0.05, 0) is 42.9 Å². The van der Waals surface area contributed by atoms with Crippen molar-refractivity contribution in [3.05, 3.63) is 30.0 Å². The highest BCUT2D eigenvalue weighted by molar-refractivity contribution is 6.01. The molecule has 3 atom stereocenters.